The molecule has 0 bridgehead atoms. The van der Waals surface area contributed by atoms with Crippen LogP contribution < -0.4 is 5.32 Å². The molecule has 0 aromatic heterocycles. The number of nitrogens with one attached hydrogen (secondary N) is 1. The van der Waals surface area contributed by atoms with E-state index < -0.39 is 32.6 Å². The summed E-state index contributed by atoms with van der Waals surface area (Å²) in [4.78, 5) is 30.7. The number of halogens is 1. The topological polar surface area (TPSA) is 111 Å². The summed E-state index contributed by atoms with van der Waals surface area (Å²) in [6, 6.07) is 7.63. The van der Waals surface area contributed by atoms with Gasteiger partial charge in [0, 0.05) is 19.1 Å². The van der Waals surface area contributed by atoms with E-state index in [1.807, 2.05) is 0 Å². The molecule has 4 aliphatic rings. The molecule has 2 aliphatic carbocycles. The number of carbonyl (C=O) groups is 2. The van der Waals surface area contributed by atoms with Crippen molar-refractivity contribution in [2.75, 3.05) is 13.1 Å². The lowest BCUT2D eigenvalue weighted by Gasteiger charge is -2.46. The summed E-state index contributed by atoms with van der Waals surface area (Å²) < 4.78 is 26.3. The van der Waals surface area contributed by atoms with Gasteiger partial charge in [0.15, 0.2) is 9.84 Å². The van der Waals surface area contributed by atoms with E-state index in [0.717, 1.165) is 32.2 Å². The molecule has 2 saturated heterocycles. The Bertz CT molecular complexity index is 1140. The summed E-state index contributed by atoms with van der Waals surface area (Å²) in [5.41, 5.74) is -1.10. The molecule has 2 aliphatic heterocycles. The maximum absolute atomic E-state index is 13.6. The zero-order valence-electron chi connectivity index (χ0n) is 19.0. The molecule has 34 heavy (non-hydrogen) atoms. The molecule has 0 radical (unpaired) electrons. The van der Waals surface area contributed by atoms with Crippen molar-refractivity contribution in [1.29, 1.82) is 5.26 Å². The molecule has 1 unspecified atom stereocenters. The molecule has 1 N–H and O–H groups in total. The van der Waals surface area contributed by atoms with Crippen molar-refractivity contribution >= 4 is 33.3 Å². The van der Waals surface area contributed by atoms with Gasteiger partial charge in [0.25, 0.3) is 0 Å². The molecule has 1 aromatic rings. The van der Waals surface area contributed by atoms with Crippen LogP contribution in [0.5, 0.6) is 0 Å². The van der Waals surface area contributed by atoms with E-state index in [1.54, 1.807) is 12.1 Å². The second kappa shape index (κ2) is 8.90. The second-order valence-electron chi connectivity index (χ2n) is 9.93. The Morgan fingerprint density at radius 3 is 2.44 bits per heavy atom. The van der Waals surface area contributed by atoms with E-state index in [0.29, 0.717) is 25.3 Å². The fourth-order valence-electron chi connectivity index (χ4n) is 5.67. The summed E-state index contributed by atoms with van der Waals surface area (Å²) in [5.74, 6) is -0.791. The molecule has 2 heterocycles. The third-order valence-electron chi connectivity index (χ3n) is 7.91. The van der Waals surface area contributed by atoms with E-state index in [2.05, 4.69) is 16.3 Å². The van der Waals surface area contributed by atoms with Gasteiger partial charge in [-0.3, -0.25) is 19.4 Å². The van der Waals surface area contributed by atoms with Crippen LogP contribution in [0.15, 0.2) is 29.2 Å². The van der Waals surface area contributed by atoms with E-state index in [1.165, 1.54) is 17.0 Å². The van der Waals surface area contributed by atoms with E-state index in [-0.39, 0.29) is 34.8 Å². The molecule has 1 aromatic carbocycles. The first-order valence-electron chi connectivity index (χ1n) is 12.1. The maximum atomic E-state index is 13.6. The Kier molecular flexibility index (Phi) is 6.22. The summed E-state index contributed by atoms with van der Waals surface area (Å²) in [5, 5.41) is 12.2. The van der Waals surface area contributed by atoms with E-state index in [9.17, 15) is 23.3 Å². The van der Waals surface area contributed by atoms with Crippen LogP contribution >= 0.6 is 11.6 Å². The molecular formula is C24H29ClN4O4S. The lowest BCUT2D eigenvalue weighted by molar-refractivity contribution is -0.156. The van der Waals surface area contributed by atoms with Crippen molar-refractivity contribution < 1.29 is 18.0 Å². The Hall–Kier alpha value is -1.99. The monoisotopic (exact) mass is 504 g/mol. The highest BCUT2D eigenvalue weighted by atomic mass is 35.5. The number of amides is 2. The van der Waals surface area contributed by atoms with Gasteiger partial charge in [0.05, 0.1) is 33.3 Å². The maximum Gasteiger partial charge on any atom is 0.247 e. The first-order valence-corrected chi connectivity index (χ1v) is 14.0. The predicted octanol–water partition coefficient (Wildman–Crippen LogP) is 2.27. The van der Waals surface area contributed by atoms with Gasteiger partial charge in [-0.15, -0.1) is 0 Å². The summed E-state index contributed by atoms with van der Waals surface area (Å²) in [6.45, 7) is 0.922. The van der Waals surface area contributed by atoms with E-state index >= 15 is 0 Å². The minimum Gasteiger partial charge on any atom is -0.304 e. The number of carbonyl (C=O) groups excluding carboxylic acids is 2. The minimum atomic E-state index is -3.76. The number of hydrogen-bond donors (Lipinski definition) is 1. The van der Waals surface area contributed by atoms with Crippen LogP contribution in [0.1, 0.15) is 51.4 Å². The van der Waals surface area contributed by atoms with Crippen molar-refractivity contribution in [2.24, 2.45) is 0 Å². The van der Waals surface area contributed by atoms with Gasteiger partial charge in [-0.25, -0.2) is 8.42 Å². The van der Waals surface area contributed by atoms with Crippen molar-refractivity contribution in [3.63, 3.8) is 0 Å². The zero-order valence-corrected chi connectivity index (χ0v) is 20.5. The Morgan fingerprint density at radius 2 is 1.85 bits per heavy atom. The third-order valence-corrected chi connectivity index (χ3v) is 10.6. The highest BCUT2D eigenvalue weighted by Crippen LogP contribution is 2.44. The quantitative estimate of drug-likeness (QED) is 0.591. The van der Waals surface area contributed by atoms with Gasteiger partial charge >= 0.3 is 0 Å². The molecule has 4 fully saturated rings. The first kappa shape index (κ1) is 23.7. The van der Waals surface area contributed by atoms with Crippen molar-refractivity contribution in [3.05, 3.63) is 29.3 Å². The number of likely N-dealkylation sites (tertiary alicyclic amines) is 1. The van der Waals surface area contributed by atoms with Crippen molar-refractivity contribution in [2.45, 2.75) is 85.2 Å². The fourth-order valence-corrected chi connectivity index (χ4v) is 7.85. The van der Waals surface area contributed by atoms with Gasteiger partial charge in [-0.05, 0) is 50.7 Å². The standard InChI is InChI=1S/C24H29ClN4O4S/c25-18-7-3-4-8-21(18)34(32,33)17-13-19(27-14-17)22(30)29(24(15-26)10-11-24)23(31)20-9-12-28(20)16-5-1-2-6-16/h3-4,7-8,16-17,19-20,27H,1-2,5-6,9-14H2/t17-,19+,20?/m1/s1. The molecular weight excluding hydrogens is 476 g/mol. The number of nitrogens with zero attached hydrogens (tertiary/aromatic N) is 3. The highest BCUT2D eigenvalue weighted by Gasteiger charge is 2.58. The largest absolute Gasteiger partial charge is 0.304 e. The van der Waals surface area contributed by atoms with Crippen LogP contribution in [-0.2, 0) is 19.4 Å². The third kappa shape index (κ3) is 3.95. The van der Waals surface area contributed by atoms with Crippen LogP contribution in [0.3, 0.4) is 0 Å². The predicted molar refractivity (Wildman–Crippen MR) is 126 cm³/mol. The second-order valence-corrected chi connectivity index (χ2v) is 12.5. The SMILES string of the molecule is N#CC1(N(C(=O)C2CCN2C2CCCC2)C(=O)[C@@H]2C[C@@H](S(=O)(=O)c3ccccc3Cl)CN2)CC1. The van der Waals surface area contributed by atoms with Crippen LogP contribution in [-0.4, -0.2) is 72.0 Å². The van der Waals surface area contributed by atoms with Gasteiger partial charge in [0.2, 0.25) is 11.8 Å². The Labute approximate surface area is 205 Å². The van der Waals surface area contributed by atoms with Gasteiger partial charge in [0.1, 0.15) is 5.54 Å². The number of nitriles is 1. The number of hydrogen-bond acceptors (Lipinski definition) is 7. The average molecular weight is 505 g/mol. The molecule has 2 amide bonds. The normalized spacial score (nSPS) is 28.8. The molecule has 3 atom stereocenters. The molecule has 8 nitrogen and oxygen atoms in total. The Balaban J connectivity index is 1.35. The molecule has 182 valence electrons. The van der Waals surface area contributed by atoms with Crippen LogP contribution in [0, 0.1) is 11.3 Å². The molecule has 10 heteroatoms. The van der Waals surface area contributed by atoms with Crippen molar-refractivity contribution in [3.8, 4) is 6.07 Å². The number of imide groups is 1. The van der Waals surface area contributed by atoms with Crippen LogP contribution in [0.25, 0.3) is 0 Å². The average Bonchev–Trinajstić information content (AvgIpc) is 3.16. The smallest absolute Gasteiger partial charge is 0.247 e. The summed E-state index contributed by atoms with van der Waals surface area (Å²) >= 11 is 6.13. The first-order chi connectivity index (χ1) is 16.3. The zero-order chi connectivity index (χ0) is 24.1. The Morgan fingerprint density at radius 1 is 1.15 bits per heavy atom. The van der Waals surface area contributed by atoms with E-state index in [4.69, 9.17) is 11.6 Å². The van der Waals surface area contributed by atoms with Crippen LogP contribution in [0.2, 0.25) is 5.02 Å². The summed E-state index contributed by atoms with van der Waals surface area (Å²) in [7, 11) is -3.76. The van der Waals surface area contributed by atoms with Gasteiger partial charge in [-0.1, -0.05) is 36.6 Å². The number of sulfone groups is 1. The lowest BCUT2D eigenvalue weighted by Crippen LogP contribution is -2.64. The minimum absolute atomic E-state index is 0.0364. The highest BCUT2D eigenvalue weighted by molar-refractivity contribution is 7.92. The lowest BCUT2D eigenvalue weighted by atomic mass is 9.96. The number of benzene rings is 1. The van der Waals surface area contributed by atoms with Crippen LogP contribution in [0.4, 0.5) is 0 Å². The molecule has 2 saturated carbocycles. The van der Waals surface area contributed by atoms with Gasteiger partial charge < -0.3 is 5.32 Å². The molecule has 0 spiro atoms. The van der Waals surface area contributed by atoms with Crippen molar-refractivity contribution in [1.82, 2.24) is 15.1 Å². The summed E-state index contributed by atoms with van der Waals surface area (Å²) in [6.07, 6.45) is 6.08. The number of rotatable bonds is 6. The fraction of sp³-hybridized carbons (Fsp3) is 0.625. The molecule has 5 rings (SSSR count). The van der Waals surface area contributed by atoms with Gasteiger partial charge in [-0.2, -0.15) is 5.26 Å².